The summed E-state index contributed by atoms with van der Waals surface area (Å²) in [5, 5.41) is 0. The molecule has 74 valence electrons. The van der Waals surface area contributed by atoms with E-state index in [0.717, 1.165) is 5.82 Å². The Kier molecular flexibility index (Phi) is 3.52. The number of aromatic nitrogens is 2. The van der Waals surface area contributed by atoms with Crippen molar-refractivity contribution in [1.29, 1.82) is 0 Å². The monoisotopic (exact) mass is 180 g/mol. The molecule has 1 aromatic rings. The summed E-state index contributed by atoms with van der Waals surface area (Å²) in [6, 6.07) is 0. The van der Waals surface area contributed by atoms with Crippen molar-refractivity contribution in [1.82, 2.24) is 9.97 Å². The second-order valence-electron chi connectivity index (χ2n) is 4.06. The molecule has 13 heavy (non-hydrogen) atoms. The van der Waals surface area contributed by atoms with E-state index in [1.54, 1.807) is 0 Å². The zero-order chi connectivity index (χ0) is 9.84. The minimum atomic E-state index is 0.502. The third-order valence-corrected chi connectivity index (χ3v) is 2.39. The summed E-state index contributed by atoms with van der Waals surface area (Å²) in [7, 11) is 0. The van der Waals surface area contributed by atoms with Crippen molar-refractivity contribution in [2.45, 2.75) is 52.4 Å². The van der Waals surface area contributed by atoms with Crippen molar-refractivity contribution < 1.29 is 0 Å². The molecule has 1 atom stereocenters. The Morgan fingerprint density at radius 2 is 2.08 bits per heavy atom. The van der Waals surface area contributed by atoms with Crippen LogP contribution in [0.5, 0.6) is 0 Å². The van der Waals surface area contributed by atoms with E-state index >= 15 is 0 Å². The highest BCUT2D eigenvalue weighted by atomic mass is 14.9. The molecule has 0 radical (unpaired) electrons. The molecule has 0 saturated heterocycles. The normalized spacial score (nSPS) is 13.6. The van der Waals surface area contributed by atoms with Crippen LogP contribution < -0.4 is 0 Å². The van der Waals surface area contributed by atoms with Crippen LogP contribution >= 0.6 is 0 Å². The number of hydrogen-bond donors (Lipinski definition) is 1. The summed E-state index contributed by atoms with van der Waals surface area (Å²) in [4.78, 5) is 7.81. The van der Waals surface area contributed by atoms with E-state index in [0.29, 0.717) is 11.8 Å². The van der Waals surface area contributed by atoms with Gasteiger partial charge in [0.15, 0.2) is 0 Å². The Morgan fingerprint density at radius 3 is 2.54 bits per heavy atom. The highest BCUT2D eigenvalue weighted by Gasteiger charge is 2.10. The van der Waals surface area contributed by atoms with Crippen LogP contribution in [0.2, 0.25) is 0 Å². The van der Waals surface area contributed by atoms with E-state index in [-0.39, 0.29) is 0 Å². The Bertz CT molecular complexity index is 250. The van der Waals surface area contributed by atoms with Gasteiger partial charge in [-0.15, -0.1) is 0 Å². The average Bonchev–Trinajstić information content (AvgIpc) is 2.52. The highest BCUT2D eigenvalue weighted by molar-refractivity contribution is 5.08. The zero-order valence-corrected chi connectivity index (χ0v) is 9.09. The van der Waals surface area contributed by atoms with E-state index in [2.05, 4.69) is 43.9 Å². The third-order valence-electron chi connectivity index (χ3n) is 2.39. The molecule has 2 heteroatoms. The van der Waals surface area contributed by atoms with Gasteiger partial charge >= 0.3 is 0 Å². The molecule has 0 saturated carbocycles. The lowest BCUT2D eigenvalue weighted by Crippen LogP contribution is -1.95. The van der Waals surface area contributed by atoms with Gasteiger partial charge in [-0.25, -0.2) is 4.98 Å². The van der Waals surface area contributed by atoms with Crippen LogP contribution in [0.1, 0.15) is 63.9 Å². The largest absolute Gasteiger partial charge is 0.348 e. The molecular weight excluding hydrogens is 160 g/mol. The number of nitrogens with zero attached hydrogens (tertiary/aromatic N) is 1. The summed E-state index contributed by atoms with van der Waals surface area (Å²) in [5.74, 6) is 2.20. The molecule has 1 rings (SSSR count). The lowest BCUT2D eigenvalue weighted by molar-refractivity contribution is 0.646. The van der Waals surface area contributed by atoms with Gasteiger partial charge in [0.25, 0.3) is 0 Å². The van der Waals surface area contributed by atoms with Gasteiger partial charge in [-0.2, -0.15) is 0 Å². The Hall–Kier alpha value is -0.790. The van der Waals surface area contributed by atoms with E-state index in [4.69, 9.17) is 0 Å². The van der Waals surface area contributed by atoms with E-state index in [1.807, 2.05) is 0 Å². The Labute approximate surface area is 80.8 Å². The van der Waals surface area contributed by atoms with Crippen LogP contribution in [0, 0.1) is 0 Å². The molecule has 0 aliphatic rings. The quantitative estimate of drug-likeness (QED) is 0.755. The first-order chi connectivity index (χ1) is 6.15. The molecule has 0 aliphatic carbocycles. The van der Waals surface area contributed by atoms with Crippen LogP contribution in [0.25, 0.3) is 0 Å². The van der Waals surface area contributed by atoms with Crippen molar-refractivity contribution in [3.63, 3.8) is 0 Å². The number of aromatic amines is 1. The molecule has 0 bridgehead atoms. The van der Waals surface area contributed by atoms with Crippen molar-refractivity contribution in [2.24, 2.45) is 0 Å². The minimum Gasteiger partial charge on any atom is -0.348 e. The fraction of sp³-hybridized carbons (Fsp3) is 0.727. The maximum Gasteiger partial charge on any atom is 0.108 e. The van der Waals surface area contributed by atoms with E-state index in [9.17, 15) is 0 Å². The predicted octanol–water partition coefficient (Wildman–Crippen LogP) is 3.44. The topological polar surface area (TPSA) is 28.7 Å². The second kappa shape index (κ2) is 4.45. The Balaban J connectivity index is 2.67. The van der Waals surface area contributed by atoms with Crippen LogP contribution in [0.15, 0.2) is 6.20 Å². The molecule has 0 aromatic carbocycles. The van der Waals surface area contributed by atoms with Gasteiger partial charge in [0.2, 0.25) is 0 Å². The van der Waals surface area contributed by atoms with Gasteiger partial charge in [0, 0.05) is 12.1 Å². The van der Waals surface area contributed by atoms with Crippen LogP contribution in [0.4, 0.5) is 0 Å². The van der Waals surface area contributed by atoms with Crippen molar-refractivity contribution in [3.05, 3.63) is 17.7 Å². The SMILES string of the molecule is CCCC(C)c1c[nH]c(C(C)C)n1. The van der Waals surface area contributed by atoms with Crippen molar-refractivity contribution >= 4 is 0 Å². The molecule has 0 aliphatic heterocycles. The fourth-order valence-corrected chi connectivity index (χ4v) is 1.48. The van der Waals surface area contributed by atoms with Crippen LogP contribution in [-0.4, -0.2) is 9.97 Å². The summed E-state index contributed by atoms with van der Waals surface area (Å²) in [6.07, 6.45) is 4.50. The van der Waals surface area contributed by atoms with Gasteiger partial charge in [0.05, 0.1) is 5.69 Å². The number of H-pyrrole nitrogens is 1. The summed E-state index contributed by atoms with van der Waals surface area (Å²) in [5.41, 5.74) is 1.21. The number of imidazole rings is 1. The number of rotatable bonds is 4. The molecule has 2 nitrogen and oxygen atoms in total. The van der Waals surface area contributed by atoms with Crippen molar-refractivity contribution in [2.75, 3.05) is 0 Å². The number of nitrogens with one attached hydrogen (secondary N) is 1. The average molecular weight is 180 g/mol. The fourth-order valence-electron chi connectivity index (χ4n) is 1.48. The first-order valence-corrected chi connectivity index (χ1v) is 5.20. The lowest BCUT2D eigenvalue weighted by atomic mass is 10.0. The molecule has 1 aromatic heterocycles. The predicted molar refractivity (Wildman–Crippen MR) is 56.0 cm³/mol. The van der Waals surface area contributed by atoms with E-state index < -0.39 is 0 Å². The smallest absolute Gasteiger partial charge is 0.108 e. The molecule has 0 spiro atoms. The second-order valence-corrected chi connectivity index (χ2v) is 4.06. The molecule has 1 N–H and O–H groups in total. The van der Waals surface area contributed by atoms with Gasteiger partial charge in [-0.1, -0.05) is 34.1 Å². The molecule has 1 heterocycles. The highest BCUT2D eigenvalue weighted by Crippen LogP contribution is 2.20. The molecular formula is C11H20N2. The number of hydrogen-bond acceptors (Lipinski definition) is 1. The maximum absolute atomic E-state index is 4.57. The molecule has 0 fully saturated rings. The van der Waals surface area contributed by atoms with Gasteiger partial charge in [-0.3, -0.25) is 0 Å². The lowest BCUT2D eigenvalue weighted by Gasteiger charge is -2.05. The van der Waals surface area contributed by atoms with Gasteiger partial charge in [-0.05, 0) is 12.3 Å². The maximum atomic E-state index is 4.57. The van der Waals surface area contributed by atoms with Gasteiger partial charge in [0.1, 0.15) is 5.82 Å². The third kappa shape index (κ3) is 2.58. The summed E-state index contributed by atoms with van der Waals surface area (Å²) < 4.78 is 0. The zero-order valence-electron chi connectivity index (χ0n) is 9.09. The molecule has 0 amide bonds. The van der Waals surface area contributed by atoms with Crippen LogP contribution in [0.3, 0.4) is 0 Å². The van der Waals surface area contributed by atoms with Crippen LogP contribution in [-0.2, 0) is 0 Å². The van der Waals surface area contributed by atoms with Gasteiger partial charge < -0.3 is 4.98 Å². The first kappa shape index (κ1) is 10.3. The standard InChI is InChI=1S/C11H20N2/c1-5-6-9(4)10-7-12-11(13-10)8(2)3/h7-9H,5-6H2,1-4H3,(H,12,13). The Morgan fingerprint density at radius 1 is 1.38 bits per heavy atom. The summed E-state index contributed by atoms with van der Waals surface area (Å²) >= 11 is 0. The van der Waals surface area contributed by atoms with E-state index in [1.165, 1.54) is 18.5 Å². The summed E-state index contributed by atoms with van der Waals surface area (Å²) in [6.45, 7) is 8.77. The van der Waals surface area contributed by atoms with Crippen molar-refractivity contribution in [3.8, 4) is 0 Å². The first-order valence-electron chi connectivity index (χ1n) is 5.20. The minimum absolute atomic E-state index is 0.502. The molecule has 1 unspecified atom stereocenters.